The Balaban J connectivity index is 1.50. The number of non-ortho nitro benzene ring substituents is 1. The van der Waals surface area contributed by atoms with Crippen LogP contribution in [-0.2, 0) is 10.5 Å². The normalized spacial score (nSPS) is 17.1. The summed E-state index contributed by atoms with van der Waals surface area (Å²) in [5.41, 5.74) is 2.49. The van der Waals surface area contributed by atoms with Crippen LogP contribution in [0.4, 0.5) is 15.9 Å². The van der Waals surface area contributed by atoms with Crippen LogP contribution in [0, 0.1) is 15.9 Å². The Hall–Kier alpha value is -3.79. The zero-order valence-electron chi connectivity index (χ0n) is 17.8. The van der Waals surface area contributed by atoms with Gasteiger partial charge in [-0.3, -0.25) is 19.7 Å². The van der Waals surface area contributed by atoms with E-state index in [1.807, 2.05) is 0 Å². The molecule has 1 aromatic heterocycles. The fourth-order valence-electron chi connectivity index (χ4n) is 4.39. The summed E-state index contributed by atoms with van der Waals surface area (Å²) < 4.78 is 14.1. The topological polar surface area (TPSA) is 118 Å². The predicted molar refractivity (Wildman–Crippen MR) is 125 cm³/mol. The van der Waals surface area contributed by atoms with E-state index >= 15 is 0 Å². The van der Waals surface area contributed by atoms with Crippen LogP contribution in [0.3, 0.4) is 0 Å². The van der Waals surface area contributed by atoms with Gasteiger partial charge >= 0.3 is 0 Å². The summed E-state index contributed by atoms with van der Waals surface area (Å²) in [4.78, 5) is 43.8. The molecule has 10 heteroatoms. The standard InChI is InChI=1S/C24H19FN4O4S/c25-15-4-1-3-14(11-15)19-20-17(5-2-6-18(20)30)26-22-21(19)23(31)28-24(27-22)34-12-13-7-9-16(10-8-13)29(32)33/h1,3-4,7-11,19H,2,5-6,12H2,(H2,26,27,28,31)/t19-/m0/s1. The molecule has 0 spiro atoms. The van der Waals surface area contributed by atoms with Gasteiger partial charge in [-0.1, -0.05) is 36.0 Å². The zero-order chi connectivity index (χ0) is 23.8. The second-order valence-corrected chi connectivity index (χ2v) is 9.09. The van der Waals surface area contributed by atoms with Crippen molar-refractivity contribution in [1.82, 2.24) is 9.97 Å². The molecule has 8 nitrogen and oxygen atoms in total. The van der Waals surface area contributed by atoms with Gasteiger partial charge in [0.1, 0.15) is 11.6 Å². The van der Waals surface area contributed by atoms with Crippen LogP contribution in [0.15, 0.2) is 69.8 Å². The number of nitrogens with one attached hydrogen (secondary N) is 2. The molecule has 1 aliphatic heterocycles. The molecule has 0 saturated carbocycles. The molecule has 5 rings (SSSR count). The number of carbonyl (C=O) groups is 1. The van der Waals surface area contributed by atoms with Crippen molar-refractivity contribution in [2.24, 2.45) is 0 Å². The first-order valence-electron chi connectivity index (χ1n) is 10.7. The van der Waals surface area contributed by atoms with Gasteiger partial charge in [0.05, 0.1) is 10.5 Å². The molecule has 0 unspecified atom stereocenters. The van der Waals surface area contributed by atoms with Gasteiger partial charge in [-0.05, 0) is 36.1 Å². The minimum Gasteiger partial charge on any atom is -0.343 e. The van der Waals surface area contributed by atoms with Crippen molar-refractivity contribution in [1.29, 1.82) is 0 Å². The van der Waals surface area contributed by atoms with Crippen LogP contribution in [0.25, 0.3) is 0 Å². The van der Waals surface area contributed by atoms with E-state index in [4.69, 9.17) is 0 Å². The number of carbonyl (C=O) groups excluding carboxylic acids is 1. The molecule has 172 valence electrons. The number of allylic oxidation sites excluding steroid dienone is 2. The van der Waals surface area contributed by atoms with Crippen molar-refractivity contribution in [3.63, 3.8) is 0 Å². The number of thioether (sulfide) groups is 1. The van der Waals surface area contributed by atoms with Crippen LogP contribution in [0.1, 0.15) is 41.9 Å². The second-order valence-electron chi connectivity index (χ2n) is 8.13. The van der Waals surface area contributed by atoms with Crippen molar-refractivity contribution in [2.75, 3.05) is 5.32 Å². The number of rotatable bonds is 5. The second kappa shape index (κ2) is 8.86. The average molecular weight is 479 g/mol. The molecule has 0 fully saturated rings. The summed E-state index contributed by atoms with van der Waals surface area (Å²) in [6.07, 6.45) is 1.73. The van der Waals surface area contributed by atoms with Crippen LogP contribution in [-0.4, -0.2) is 20.7 Å². The highest BCUT2D eigenvalue weighted by Crippen LogP contribution is 2.43. The maximum atomic E-state index is 14.1. The maximum absolute atomic E-state index is 14.1. The van der Waals surface area contributed by atoms with Gasteiger partial charge in [-0.25, -0.2) is 9.37 Å². The Kier molecular flexibility index (Phi) is 5.74. The van der Waals surface area contributed by atoms with Crippen molar-refractivity contribution < 1.29 is 14.1 Å². The fourth-order valence-corrected chi connectivity index (χ4v) is 5.21. The van der Waals surface area contributed by atoms with Crippen LogP contribution < -0.4 is 10.9 Å². The number of halogens is 1. The summed E-state index contributed by atoms with van der Waals surface area (Å²) in [6, 6.07) is 12.1. The molecule has 1 aliphatic carbocycles. The number of hydrogen-bond acceptors (Lipinski definition) is 7. The molecule has 2 N–H and O–H groups in total. The maximum Gasteiger partial charge on any atom is 0.269 e. The molecule has 3 aromatic rings. The van der Waals surface area contributed by atoms with E-state index in [0.717, 1.165) is 11.3 Å². The number of aromatic nitrogens is 2. The van der Waals surface area contributed by atoms with Gasteiger partial charge in [0, 0.05) is 41.5 Å². The summed E-state index contributed by atoms with van der Waals surface area (Å²) in [6.45, 7) is 0. The van der Waals surface area contributed by atoms with Crippen molar-refractivity contribution >= 4 is 29.1 Å². The van der Waals surface area contributed by atoms with Gasteiger partial charge in [0.25, 0.3) is 11.2 Å². The molecule has 0 saturated heterocycles. The minimum absolute atomic E-state index is 0.00719. The number of H-pyrrole nitrogens is 1. The van der Waals surface area contributed by atoms with Crippen molar-refractivity contribution in [3.05, 3.63) is 103 Å². The first-order valence-corrected chi connectivity index (χ1v) is 11.7. The number of Topliss-reactive ketones (excluding diaryl/α,β-unsaturated/α-hetero) is 1. The van der Waals surface area contributed by atoms with Gasteiger partial charge in [0.2, 0.25) is 0 Å². The van der Waals surface area contributed by atoms with E-state index in [2.05, 4.69) is 15.3 Å². The Bertz CT molecular complexity index is 1400. The van der Waals surface area contributed by atoms with Crippen molar-refractivity contribution in [3.8, 4) is 0 Å². The van der Waals surface area contributed by atoms with Gasteiger partial charge in [-0.15, -0.1) is 0 Å². The molecule has 0 radical (unpaired) electrons. The van der Waals surface area contributed by atoms with Crippen LogP contribution in [0.2, 0.25) is 0 Å². The number of nitrogens with zero attached hydrogens (tertiary/aromatic N) is 2. The first kappa shape index (κ1) is 22.0. The van der Waals surface area contributed by atoms with Crippen molar-refractivity contribution in [2.45, 2.75) is 36.1 Å². The number of ketones is 1. The summed E-state index contributed by atoms with van der Waals surface area (Å²) in [5.74, 6) is -0.385. The van der Waals surface area contributed by atoms with Gasteiger partial charge in [-0.2, -0.15) is 0 Å². The molecule has 0 amide bonds. The number of fused-ring (bicyclic) bond motifs is 1. The highest BCUT2D eigenvalue weighted by Gasteiger charge is 2.38. The predicted octanol–water partition coefficient (Wildman–Crippen LogP) is 4.67. The number of anilines is 1. The van der Waals surface area contributed by atoms with E-state index in [1.165, 1.54) is 36.0 Å². The number of nitro groups is 1. The van der Waals surface area contributed by atoms with E-state index in [1.54, 1.807) is 24.3 Å². The third kappa shape index (κ3) is 4.12. The van der Waals surface area contributed by atoms with E-state index < -0.39 is 22.2 Å². The fraction of sp³-hybridized carbons (Fsp3) is 0.208. The quantitative estimate of drug-likeness (QED) is 0.237. The number of benzene rings is 2. The monoisotopic (exact) mass is 478 g/mol. The zero-order valence-corrected chi connectivity index (χ0v) is 18.7. The third-order valence-electron chi connectivity index (χ3n) is 5.94. The number of nitro benzene ring substituents is 1. The number of aromatic amines is 1. The lowest BCUT2D eigenvalue weighted by Crippen LogP contribution is -2.32. The summed E-state index contributed by atoms with van der Waals surface area (Å²) in [7, 11) is 0. The van der Waals surface area contributed by atoms with E-state index in [9.17, 15) is 24.1 Å². The molecule has 0 bridgehead atoms. The Morgan fingerprint density at radius 2 is 1.94 bits per heavy atom. The minimum atomic E-state index is -0.695. The Morgan fingerprint density at radius 3 is 2.68 bits per heavy atom. The lowest BCUT2D eigenvalue weighted by atomic mass is 9.76. The van der Waals surface area contributed by atoms with Crippen LogP contribution in [0.5, 0.6) is 0 Å². The average Bonchev–Trinajstić information content (AvgIpc) is 2.82. The molecule has 1 atom stereocenters. The largest absolute Gasteiger partial charge is 0.343 e. The highest BCUT2D eigenvalue weighted by molar-refractivity contribution is 7.98. The number of hydrogen-bond donors (Lipinski definition) is 2. The smallest absolute Gasteiger partial charge is 0.269 e. The van der Waals surface area contributed by atoms with E-state index in [-0.39, 0.29) is 11.5 Å². The van der Waals surface area contributed by atoms with Gasteiger partial charge < -0.3 is 10.3 Å². The molecule has 34 heavy (non-hydrogen) atoms. The van der Waals surface area contributed by atoms with E-state index in [0.29, 0.717) is 52.7 Å². The lowest BCUT2D eigenvalue weighted by molar-refractivity contribution is -0.384. The summed E-state index contributed by atoms with van der Waals surface area (Å²) in [5, 5.41) is 14.4. The Morgan fingerprint density at radius 1 is 1.15 bits per heavy atom. The first-order chi connectivity index (χ1) is 16.4. The lowest BCUT2D eigenvalue weighted by Gasteiger charge is -2.32. The molecule has 2 aromatic carbocycles. The molecule has 2 aliphatic rings. The third-order valence-corrected chi connectivity index (χ3v) is 6.89. The summed E-state index contributed by atoms with van der Waals surface area (Å²) >= 11 is 1.28. The van der Waals surface area contributed by atoms with Crippen LogP contribution >= 0.6 is 11.8 Å². The molecule has 2 heterocycles. The SMILES string of the molecule is O=C1CCCC2=C1[C@H](c1cccc(F)c1)c1c(nc(SCc3ccc([N+](=O)[O-])cc3)[nH]c1=O)N2. The molecular formula is C24H19FN4O4S. The highest BCUT2D eigenvalue weighted by atomic mass is 32.2. The molecular weight excluding hydrogens is 459 g/mol. The van der Waals surface area contributed by atoms with Gasteiger partial charge in [0.15, 0.2) is 10.9 Å². The Labute approximate surface area is 197 Å².